The van der Waals surface area contributed by atoms with Gasteiger partial charge in [-0.15, -0.1) is 0 Å². The van der Waals surface area contributed by atoms with Crippen LogP contribution in [-0.2, 0) is 9.47 Å². The molecule has 2 saturated carbocycles. The maximum atomic E-state index is 11.9. The molecule has 0 unspecified atom stereocenters. The van der Waals surface area contributed by atoms with Crippen LogP contribution in [0.2, 0.25) is 0 Å². The van der Waals surface area contributed by atoms with Gasteiger partial charge in [0.1, 0.15) is 0 Å². The molecule has 1 saturated heterocycles. The van der Waals surface area contributed by atoms with Gasteiger partial charge in [0.15, 0.2) is 0 Å². The van der Waals surface area contributed by atoms with Gasteiger partial charge in [0.2, 0.25) is 0 Å². The van der Waals surface area contributed by atoms with Crippen molar-refractivity contribution in [2.75, 3.05) is 44.3 Å². The average Bonchev–Trinajstić information content (AvgIpc) is 2.88. The molecule has 3 aliphatic rings. The topological polar surface area (TPSA) is 42.0 Å². The Morgan fingerprint density at radius 1 is 0.848 bits per heavy atom. The van der Waals surface area contributed by atoms with Crippen molar-refractivity contribution >= 4 is 11.7 Å². The highest BCUT2D eigenvalue weighted by Crippen LogP contribution is 2.40. The molecule has 5 heteroatoms. The molecular weight excluding hydrogens is 412 g/mol. The number of carbonyl (C=O) groups is 1. The molecule has 0 atom stereocenters. The van der Waals surface area contributed by atoms with E-state index in [0.717, 1.165) is 57.1 Å². The molecule has 0 N–H and O–H groups in total. The van der Waals surface area contributed by atoms with Crippen molar-refractivity contribution in [1.82, 2.24) is 4.90 Å². The summed E-state index contributed by atoms with van der Waals surface area (Å²) in [4.78, 5) is 17.1. The van der Waals surface area contributed by atoms with Gasteiger partial charge in [-0.1, -0.05) is 6.92 Å². The Labute approximate surface area is 200 Å². The van der Waals surface area contributed by atoms with Gasteiger partial charge < -0.3 is 14.4 Å². The van der Waals surface area contributed by atoms with E-state index in [1.807, 2.05) is 19.1 Å². The lowest BCUT2D eigenvalue weighted by atomic mass is 9.71. The monoisotopic (exact) mass is 456 g/mol. The number of nitrogens with zero attached hydrogens (tertiary/aromatic N) is 2. The summed E-state index contributed by atoms with van der Waals surface area (Å²) < 4.78 is 11.1. The van der Waals surface area contributed by atoms with Crippen molar-refractivity contribution in [2.45, 2.75) is 83.8 Å². The van der Waals surface area contributed by atoms with Gasteiger partial charge in [0.25, 0.3) is 0 Å². The number of anilines is 1. The first-order valence-electron chi connectivity index (χ1n) is 13.6. The minimum atomic E-state index is -0.234. The summed E-state index contributed by atoms with van der Waals surface area (Å²) in [5, 5.41) is 0. The summed E-state index contributed by atoms with van der Waals surface area (Å²) in [6.45, 7) is 9.83. The van der Waals surface area contributed by atoms with Gasteiger partial charge in [-0.05, 0) is 101 Å². The smallest absolute Gasteiger partial charge is 0.338 e. The number of carbonyl (C=O) groups excluding carboxylic acids is 1. The fourth-order valence-electron chi connectivity index (χ4n) is 6.32. The number of hydrogen-bond donors (Lipinski definition) is 0. The van der Waals surface area contributed by atoms with Crippen LogP contribution in [0.3, 0.4) is 0 Å². The number of rotatable bonds is 8. The van der Waals surface area contributed by atoms with E-state index in [0.29, 0.717) is 18.3 Å². The molecule has 1 aliphatic heterocycles. The zero-order chi connectivity index (χ0) is 23.0. The third-order valence-electron chi connectivity index (χ3n) is 8.26. The number of ether oxygens (including phenoxy) is 2. The minimum absolute atomic E-state index is 0.234. The van der Waals surface area contributed by atoms with Crippen molar-refractivity contribution in [2.24, 2.45) is 11.8 Å². The van der Waals surface area contributed by atoms with E-state index in [2.05, 4.69) is 28.9 Å². The maximum absolute atomic E-state index is 11.9. The first-order valence-corrected chi connectivity index (χ1v) is 13.6. The first-order chi connectivity index (χ1) is 16.2. The molecule has 33 heavy (non-hydrogen) atoms. The van der Waals surface area contributed by atoms with Gasteiger partial charge in [-0.25, -0.2) is 4.79 Å². The standard InChI is InChI=1S/C28H44N2O3/c1-3-21-33-27-15-9-23(10-16-27)22-5-11-25(12-6-22)29-17-19-30(20-18-29)26-13-7-24(8-14-26)28(31)32-4-2/h7-8,13-14,22-23,25,27H,3-6,9-12,15-21H2,1-2H3. The summed E-state index contributed by atoms with van der Waals surface area (Å²) >= 11 is 0. The molecule has 1 aromatic rings. The van der Waals surface area contributed by atoms with Crippen molar-refractivity contribution in [3.8, 4) is 0 Å². The molecule has 1 aromatic carbocycles. The second kappa shape index (κ2) is 12.2. The van der Waals surface area contributed by atoms with E-state index in [1.54, 1.807) is 0 Å². The van der Waals surface area contributed by atoms with Crippen LogP contribution < -0.4 is 4.90 Å². The van der Waals surface area contributed by atoms with E-state index < -0.39 is 0 Å². The predicted molar refractivity (Wildman–Crippen MR) is 134 cm³/mol. The Balaban J connectivity index is 1.17. The Bertz CT molecular complexity index is 713. The van der Waals surface area contributed by atoms with Crippen molar-refractivity contribution < 1.29 is 14.3 Å². The van der Waals surface area contributed by atoms with Crippen LogP contribution in [0, 0.1) is 11.8 Å². The summed E-state index contributed by atoms with van der Waals surface area (Å²) in [5.74, 6) is 1.66. The molecule has 4 rings (SSSR count). The van der Waals surface area contributed by atoms with E-state index in [-0.39, 0.29) is 5.97 Å². The molecule has 0 amide bonds. The zero-order valence-electron chi connectivity index (χ0n) is 20.8. The fraction of sp³-hybridized carbons (Fsp3) is 0.750. The van der Waals surface area contributed by atoms with Gasteiger partial charge >= 0.3 is 5.97 Å². The van der Waals surface area contributed by atoms with E-state index in [4.69, 9.17) is 9.47 Å². The largest absolute Gasteiger partial charge is 0.462 e. The summed E-state index contributed by atoms with van der Waals surface area (Å²) in [5.41, 5.74) is 1.85. The second-order valence-corrected chi connectivity index (χ2v) is 10.3. The third kappa shape index (κ3) is 6.51. The summed E-state index contributed by atoms with van der Waals surface area (Å²) in [6.07, 6.45) is 12.6. The van der Waals surface area contributed by atoms with Crippen LogP contribution in [0.25, 0.3) is 0 Å². The Hall–Kier alpha value is -1.59. The number of hydrogen-bond acceptors (Lipinski definition) is 5. The van der Waals surface area contributed by atoms with Crippen LogP contribution >= 0.6 is 0 Å². The van der Waals surface area contributed by atoms with Crippen LogP contribution in [0.1, 0.15) is 82.0 Å². The minimum Gasteiger partial charge on any atom is -0.462 e. The zero-order valence-corrected chi connectivity index (χ0v) is 20.8. The van der Waals surface area contributed by atoms with Crippen molar-refractivity contribution in [3.63, 3.8) is 0 Å². The normalized spacial score (nSPS) is 29.1. The van der Waals surface area contributed by atoms with Crippen molar-refractivity contribution in [3.05, 3.63) is 29.8 Å². The van der Waals surface area contributed by atoms with Gasteiger partial charge in [0.05, 0.1) is 18.3 Å². The van der Waals surface area contributed by atoms with Gasteiger partial charge in [-0.3, -0.25) is 4.90 Å². The summed E-state index contributed by atoms with van der Waals surface area (Å²) in [7, 11) is 0. The Morgan fingerprint density at radius 2 is 1.45 bits per heavy atom. The summed E-state index contributed by atoms with van der Waals surface area (Å²) in [6, 6.07) is 8.69. The van der Waals surface area contributed by atoms with Crippen LogP contribution in [0.5, 0.6) is 0 Å². The Kier molecular flexibility index (Phi) is 9.08. The highest BCUT2D eigenvalue weighted by Gasteiger charge is 2.33. The quantitative estimate of drug-likeness (QED) is 0.481. The Morgan fingerprint density at radius 3 is 2.03 bits per heavy atom. The maximum Gasteiger partial charge on any atom is 0.338 e. The lowest BCUT2D eigenvalue weighted by molar-refractivity contribution is 0.00558. The number of esters is 1. The van der Waals surface area contributed by atoms with Crippen LogP contribution in [0.4, 0.5) is 5.69 Å². The molecule has 0 aromatic heterocycles. The molecular formula is C28H44N2O3. The highest BCUT2D eigenvalue weighted by molar-refractivity contribution is 5.89. The van der Waals surface area contributed by atoms with E-state index >= 15 is 0 Å². The fourth-order valence-corrected chi connectivity index (χ4v) is 6.32. The first kappa shape index (κ1) is 24.5. The number of piperazine rings is 1. The van der Waals surface area contributed by atoms with Gasteiger partial charge in [0, 0.05) is 44.5 Å². The molecule has 0 radical (unpaired) electrons. The molecule has 1 heterocycles. The predicted octanol–water partition coefficient (Wildman–Crippen LogP) is 5.53. The highest BCUT2D eigenvalue weighted by atomic mass is 16.5. The molecule has 0 bridgehead atoms. The molecule has 3 fully saturated rings. The van der Waals surface area contributed by atoms with Crippen molar-refractivity contribution in [1.29, 1.82) is 0 Å². The number of benzene rings is 1. The SMILES string of the molecule is CCCOC1CCC(C2CCC(N3CCN(c4ccc(C(=O)OCC)cc4)CC3)CC2)CC1. The molecule has 5 nitrogen and oxygen atoms in total. The average molecular weight is 457 g/mol. The van der Waals surface area contributed by atoms with E-state index in [1.165, 1.54) is 57.1 Å². The third-order valence-corrected chi connectivity index (χ3v) is 8.26. The van der Waals surface area contributed by atoms with Crippen LogP contribution in [-0.4, -0.2) is 62.4 Å². The second-order valence-electron chi connectivity index (χ2n) is 10.3. The van der Waals surface area contributed by atoms with E-state index in [9.17, 15) is 4.79 Å². The van der Waals surface area contributed by atoms with Crippen LogP contribution in [0.15, 0.2) is 24.3 Å². The molecule has 0 spiro atoms. The van der Waals surface area contributed by atoms with Gasteiger partial charge in [-0.2, -0.15) is 0 Å². The lowest BCUT2D eigenvalue weighted by Gasteiger charge is -2.44. The molecule has 184 valence electrons. The molecule has 2 aliphatic carbocycles. The lowest BCUT2D eigenvalue weighted by Crippen LogP contribution is -2.51.